The number of halogens is 1. The lowest BCUT2D eigenvalue weighted by Gasteiger charge is -2.20. The fourth-order valence-corrected chi connectivity index (χ4v) is 2.35. The van der Waals surface area contributed by atoms with E-state index in [0.29, 0.717) is 6.54 Å². The minimum Gasteiger partial charge on any atom is -0.465 e. The molecule has 0 radical (unpaired) electrons. The van der Waals surface area contributed by atoms with Crippen molar-refractivity contribution in [2.24, 2.45) is 0 Å². The number of methoxy groups -OCH3 is 1. The predicted octanol–water partition coefficient (Wildman–Crippen LogP) is 2.29. The lowest BCUT2D eigenvalue weighted by Crippen LogP contribution is -2.19. The van der Waals surface area contributed by atoms with Gasteiger partial charge in [0.25, 0.3) is 0 Å². The second kappa shape index (κ2) is 5.87. The van der Waals surface area contributed by atoms with Gasteiger partial charge in [-0.2, -0.15) is 0 Å². The van der Waals surface area contributed by atoms with Crippen LogP contribution < -0.4 is 10.6 Å². The summed E-state index contributed by atoms with van der Waals surface area (Å²) in [6, 6.07) is 2.52. The van der Waals surface area contributed by atoms with Crippen molar-refractivity contribution in [2.75, 3.05) is 24.8 Å². The largest absolute Gasteiger partial charge is 0.465 e. The molecule has 0 fully saturated rings. The smallest absolute Gasteiger partial charge is 0.340 e. The molecular weight excluding hydrogens is 281 g/mol. The van der Waals surface area contributed by atoms with Gasteiger partial charge in [-0.1, -0.05) is 0 Å². The zero-order valence-electron chi connectivity index (χ0n) is 11.1. The van der Waals surface area contributed by atoms with Crippen molar-refractivity contribution >= 4 is 28.7 Å². The summed E-state index contributed by atoms with van der Waals surface area (Å²) >= 11 is 1.47. The number of hydrogen-bond donors (Lipinski definition) is 1. The summed E-state index contributed by atoms with van der Waals surface area (Å²) in [4.78, 5) is 17.4. The highest BCUT2D eigenvalue weighted by Gasteiger charge is 2.17. The van der Waals surface area contributed by atoms with Gasteiger partial charge in [-0.3, -0.25) is 0 Å². The minimum atomic E-state index is -0.592. The highest BCUT2D eigenvalue weighted by Crippen LogP contribution is 2.26. The topological polar surface area (TPSA) is 68.5 Å². The number of hydrogen-bond acceptors (Lipinski definition) is 6. The number of aromatic nitrogens is 1. The maximum absolute atomic E-state index is 14.0. The Bertz CT molecular complexity index is 616. The van der Waals surface area contributed by atoms with E-state index >= 15 is 0 Å². The van der Waals surface area contributed by atoms with Crippen molar-refractivity contribution in [1.29, 1.82) is 0 Å². The quantitative estimate of drug-likeness (QED) is 0.692. The molecule has 2 N–H and O–H groups in total. The third-order valence-corrected chi connectivity index (χ3v) is 3.45. The lowest BCUT2D eigenvalue weighted by atomic mass is 10.1. The van der Waals surface area contributed by atoms with Crippen molar-refractivity contribution in [3.63, 3.8) is 0 Å². The molecule has 2 aromatic rings. The number of nitrogens with two attached hydrogens (primary N) is 1. The number of thiazole rings is 1. The van der Waals surface area contributed by atoms with Crippen LogP contribution in [0.5, 0.6) is 0 Å². The number of carbonyl (C=O) groups is 1. The Labute approximate surface area is 119 Å². The molecule has 0 atom stereocenters. The number of carbonyl (C=O) groups excluding carboxylic acids is 1. The molecule has 0 bridgehead atoms. The molecule has 0 amide bonds. The molecule has 1 aromatic heterocycles. The predicted molar refractivity (Wildman–Crippen MR) is 76.4 cm³/mol. The van der Waals surface area contributed by atoms with Crippen molar-refractivity contribution in [2.45, 2.75) is 6.54 Å². The van der Waals surface area contributed by atoms with Gasteiger partial charge in [0.1, 0.15) is 5.82 Å². The van der Waals surface area contributed by atoms with Crippen molar-refractivity contribution in [3.05, 3.63) is 40.1 Å². The first kappa shape index (κ1) is 14.3. The molecule has 1 aromatic carbocycles. The van der Waals surface area contributed by atoms with E-state index in [4.69, 9.17) is 5.73 Å². The molecular formula is C13H14FN3O2S. The van der Waals surface area contributed by atoms with E-state index in [2.05, 4.69) is 9.72 Å². The van der Waals surface area contributed by atoms with Gasteiger partial charge in [0.2, 0.25) is 0 Å². The first-order valence-electron chi connectivity index (χ1n) is 5.78. The van der Waals surface area contributed by atoms with Gasteiger partial charge in [-0.25, -0.2) is 14.2 Å². The maximum atomic E-state index is 14.0. The van der Waals surface area contributed by atoms with E-state index in [1.165, 1.54) is 24.5 Å². The molecule has 0 saturated carbocycles. The number of rotatable bonds is 4. The van der Waals surface area contributed by atoms with Crippen LogP contribution in [0.2, 0.25) is 0 Å². The SMILES string of the molecule is COC(=O)c1cc(N(C)Cc2cscn2)c(F)cc1N. The molecule has 2 rings (SSSR count). The summed E-state index contributed by atoms with van der Waals surface area (Å²) in [5.74, 6) is -1.08. The zero-order chi connectivity index (χ0) is 14.7. The van der Waals surface area contributed by atoms with Gasteiger partial charge in [-0.05, 0) is 12.1 Å². The van der Waals surface area contributed by atoms with Crippen LogP contribution in [-0.4, -0.2) is 25.1 Å². The van der Waals surface area contributed by atoms with Crippen LogP contribution >= 0.6 is 11.3 Å². The Morgan fingerprint density at radius 1 is 1.55 bits per heavy atom. The Balaban J connectivity index is 2.33. The summed E-state index contributed by atoms with van der Waals surface area (Å²) < 4.78 is 18.6. The Morgan fingerprint density at radius 2 is 2.30 bits per heavy atom. The summed E-state index contributed by atoms with van der Waals surface area (Å²) in [5.41, 5.74) is 8.64. The molecule has 7 heteroatoms. The van der Waals surface area contributed by atoms with E-state index in [9.17, 15) is 9.18 Å². The van der Waals surface area contributed by atoms with Gasteiger partial charge in [0, 0.05) is 18.1 Å². The maximum Gasteiger partial charge on any atom is 0.340 e. The average Bonchev–Trinajstić information content (AvgIpc) is 2.90. The summed E-state index contributed by atoms with van der Waals surface area (Å²) in [7, 11) is 2.97. The van der Waals surface area contributed by atoms with E-state index in [1.54, 1.807) is 17.5 Å². The van der Waals surface area contributed by atoms with E-state index in [0.717, 1.165) is 11.8 Å². The fourth-order valence-electron chi connectivity index (χ4n) is 1.80. The second-order valence-corrected chi connectivity index (χ2v) is 4.94. The zero-order valence-corrected chi connectivity index (χ0v) is 11.9. The molecule has 0 spiro atoms. The first-order chi connectivity index (χ1) is 9.52. The second-order valence-electron chi connectivity index (χ2n) is 4.22. The minimum absolute atomic E-state index is 0.0557. The highest BCUT2D eigenvalue weighted by molar-refractivity contribution is 7.07. The van der Waals surface area contributed by atoms with Crippen molar-refractivity contribution in [3.8, 4) is 0 Å². The Hall–Kier alpha value is -2.15. The van der Waals surface area contributed by atoms with Crippen LogP contribution in [0.1, 0.15) is 16.1 Å². The monoisotopic (exact) mass is 295 g/mol. The van der Waals surface area contributed by atoms with Crippen LogP contribution in [0.25, 0.3) is 0 Å². The normalized spacial score (nSPS) is 10.3. The lowest BCUT2D eigenvalue weighted by molar-refractivity contribution is 0.0602. The standard InChI is InChI=1S/C13H14FN3O2S/c1-17(5-8-6-20-7-16-8)12-3-9(13(18)19-2)11(15)4-10(12)14/h3-4,6-7H,5,15H2,1-2H3. The van der Waals surface area contributed by atoms with E-state index in [1.807, 2.05) is 5.38 Å². The molecule has 0 aliphatic carbocycles. The number of nitrogens with zero attached hydrogens (tertiary/aromatic N) is 2. The van der Waals surface area contributed by atoms with Crippen molar-refractivity contribution < 1.29 is 13.9 Å². The van der Waals surface area contributed by atoms with Gasteiger partial charge < -0.3 is 15.4 Å². The van der Waals surface area contributed by atoms with Crippen LogP contribution in [0.4, 0.5) is 15.8 Å². The summed E-state index contributed by atoms with van der Waals surface area (Å²) in [5, 5.41) is 1.88. The van der Waals surface area contributed by atoms with Crippen molar-refractivity contribution in [1.82, 2.24) is 4.98 Å². The Morgan fingerprint density at radius 3 is 2.90 bits per heavy atom. The van der Waals surface area contributed by atoms with Gasteiger partial charge in [0.15, 0.2) is 0 Å². The molecule has 20 heavy (non-hydrogen) atoms. The number of ether oxygens (including phenoxy) is 1. The molecule has 0 aliphatic heterocycles. The molecule has 1 heterocycles. The highest BCUT2D eigenvalue weighted by atomic mass is 32.1. The molecule has 0 saturated heterocycles. The fraction of sp³-hybridized carbons (Fsp3) is 0.231. The molecule has 0 unspecified atom stereocenters. The van der Waals surface area contributed by atoms with Crippen LogP contribution in [0.15, 0.2) is 23.0 Å². The van der Waals surface area contributed by atoms with Gasteiger partial charge in [-0.15, -0.1) is 11.3 Å². The van der Waals surface area contributed by atoms with Crippen LogP contribution in [0.3, 0.4) is 0 Å². The summed E-state index contributed by atoms with van der Waals surface area (Å²) in [6.45, 7) is 0.435. The van der Waals surface area contributed by atoms with Gasteiger partial charge in [0.05, 0.1) is 36.1 Å². The number of esters is 1. The molecule has 5 nitrogen and oxygen atoms in total. The van der Waals surface area contributed by atoms with Crippen LogP contribution in [0, 0.1) is 5.82 Å². The van der Waals surface area contributed by atoms with E-state index in [-0.39, 0.29) is 16.9 Å². The third-order valence-electron chi connectivity index (χ3n) is 2.82. The number of anilines is 2. The number of benzene rings is 1. The third kappa shape index (κ3) is 2.88. The molecule has 106 valence electrons. The van der Waals surface area contributed by atoms with Gasteiger partial charge >= 0.3 is 5.97 Å². The molecule has 0 aliphatic rings. The number of nitrogen functional groups attached to an aromatic ring is 1. The Kier molecular flexibility index (Phi) is 4.19. The van der Waals surface area contributed by atoms with E-state index < -0.39 is 11.8 Å². The average molecular weight is 295 g/mol. The first-order valence-corrected chi connectivity index (χ1v) is 6.72. The van der Waals surface area contributed by atoms with Crippen LogP contribution in [-0.2, 0) is 11.3 Å². The summed E-state index contributed by atoms with van der Waals surface area (Å²) in [6.07, 6.45) is 0.